The zero-order chi connectivity index (χ0) is 83.5. The van der Waals surface area contributed by atoms with Crippen molar-refractivity contribution in [1.29, 1.82) is 0 Å². The van der Waals surface area contributed by atoms with Crippen LogP contribution in [0, 0.1) is 73.0 Å². The van der Waals surface area contributed by atoms with Crippen LogP contribution in [0.4, 0.5) is 46.5 Å². The highest BCUT2D eigenvalue weighted by molar-refractivity contribution is 6.04. The van der Waals surface area contributed by atoms with E-state index >= 15 is 0 Å². The van der Waals surface area contributed by atoms with Crippen LogP contribution in [-0.2, 0) is 38.4 Å². The fraction of sp³-hybridized carbons (Fsp3) is 0.318. The molecule has 608 valence electrons. The van der Waals surface area contributed by atoms with Crippen LogP contribution < -0.4 is 65.5 Å². The number of nitrogen functional groups attached to an aromatic ring is 4. The van der Waals surface area contributed by atoms with Gasteiger partial charge in [-0.15, -0.1) is 0 Å². The monoisotopic (exact) mass is 1610 g/mol. The molecule has 8 fully saturated rings. The molecule has 12 aromatic heterocycles. The van der Waals surface area contributed by atoms with Crippen molar-refractivity contribution in [3.05, 3.63) is 169 Å². The van der Waals surface area contributed by atoms with Gasteiger partial charge in [0, 0.05) is 194 Å². The van der Waals surface area contributed by atoms with Gasteiger partial charge in [-0.2, -0.15) is 0 Å². The Bertz CT molecular complexity index is 5520. The quantitative estimate of drug-likeness (QED) is 0.0541. The SMILES string of the molecule is Cc1ccncc1-c1cc2cc(NC(=O)[C@@H]3C[C@@]34CCNC(=O)C4)ncc2c(N)n1.Cc1ccncc1-c1cc2cc(NC(=O)[C@@H]3C[C@]34CCNC(=O)C4)ncc2c(N)n1.Cc1ccncc1-c1cc2cc(NC(=O)[C@H]3C[C@@]34CCNC(=O)C4)ncc2c(N)n1.Cc1ccncc1-c1cc2cc(NC(=O)[C@H]3C[C@]34CCNC(=O)C4)ncc2c(N)n1. The Morgan fingerprint density at radius 3 is 0.750 bits per heavy atom. The van der Waals surface area contributed by atoms with Crippen LogP contribution in [0.25, 0.3) is 88.1 Å². The summed E-state index contributed by atoms with van der Waals surface area (Å²) >= 11 is 0. The maximum atomic E-state index is 12.8. The summed E-state index contributed by atoms with van der Waals surface area (Å²) < 4.78 is 0. The molecule has 4 aliphatic heterocycles. The summed E-state index contributed by atoms with van der Waals surface area (Å²) in [7, 11) is 0. The molecular weight excluding hydrogens is 1520 g/mol. The number of hydrogen-bond donors (Lipinski definition) is 12. The number of anilines is 8. The van der Waals surface area contributed by atoms with Gasteiger partial charge in [-0.3, -0.25) is 58.3 Å². The lowest BCUT2D eigenvalue weighted by Gasteiger charge is -2.22. The van der Waals surface area contributed by atoms with E-state index < -0.39 is 0 Å². The number of piperidine rings is 4. The molecule has 12 aromatic rings. The lowest BCUT2D eigenvalue weighted by molar-refractivity contribution is -0.126. The number of fused-ring (bicyclic) bond motifs is 4. The van der Waals surface area contributed by atoms with E-state index in [0.717, 1.165) is 162 Å². The highest BCUT2D eigenvalue weighted by Crippen LogP contribution is 2.62. The molecule has 4 saturated carbocycles. The minimum Gasteiger partial charge on any atom is -0.383 e. The molecule has 0 unspecified atom stereocenters. The van der Waals surface area contributed by atoms with Crippen molar-refractivity contribution in [2.45, 2.75) is 105 Å². The van der Waals surface area contributed by atoms with Crippen molar-refractivity contribution in [3.63, 3.8) is 0 Å². The van der Waals surface area contributed by atoms with Crippen LogP contribution in [0.3, 0.4) is 0 Å². The topological polar surface area (TPSA) is 492 Å². The standard InChI is InChI=1S/4C22H22N6O2/c4*1-12-2-4-24-10-14(12)17-6-13-7-18(26-11-15(13)20(23)27-17)28-21(30)16-8-22(16)3-5-25-19(29)9-22/h4*2,4,6-7,10-11,16H,3,5,8-9H2,1H3,(H2,23,27)(H,25,29)(H,26,28,30)/t2*16-,22+;2*16-,22-/m1010/s1. The molecule has 8 aliphatic rings. The summed E-state index contributed by atoms with van der Waals surface area (Å²) in [6.07, 6.45) is 28.6. The van der Waals surface area contributed by atoms with Crippen molar-refractivity contribution < 1.29 is 38.4 Å². The van der Waals surface area contributed by atoms with Gasteiger partial charge in [0.2, 0.25) is 47.3 Å². The average molecular weight is 1610 g/mol. The third-order valence-electron chi connectivity index (χ3n) is 25.1. The van der Waals surface area contributed by atoms with Crippen molar-refractivity contribution in [1.82, 2.24) is 81.1 Å². The van der Waals surface area contributed by atoms with Crippen LogP contribution in [0.2, 0.25) is 0 Å². The smallest absolute Gasteiger partial charge is 0.229 e. The highest BCUT2D eigenvalue weighted by Gasteiger charge is 2.62. The first kappa shape index (κ1) is 78.3. The summed E-state index contributed by atoms with van der Waals surface area (Å²) in [6.45, 7) is 10.5. The first-order valence-electron chi connectivity index (χ1n) is 40.0. The lowest BCUT2D eigenvalue weighted by atomic mass is 9.91. The van der Waals surface area contributed by atoms with Crippen molar-refractivity contribution in [3.8, 4) is 45.0 Å². The summed E-state index contributed by atoms with van der Waals surface area (Å²) in [4.78, 5) is 150. The van der Waals surface area contributed by atoms with E-state index in [4.69, 9.17) is 22.9 Å². The number of nitrogens with one attached hydrogen (secondary N) is 8. The Hall–Kier alpha value is -14.2. The predicted molar refractivity (Wildman–Crippen MR) is 453 cm³/mol. The number of amides is 8. The maximum Gasteiger partial charge on any atom is 0.229 e. The molecule has 0 radical (unpaired) electrons. The van der Waals surface area contributed by atoms with Gasteiger partial charge in [0.1, 0.15) is 46.5 Å². The third-order valence-corrected chi connectivity index (χ3v) is 25.1. The molecule has 8 amide bonds. The average Bonchev–Trinajstić information content (AvgIpc) is 1.59. The summed E-state index contributed by atoms with van der Waals surface area (Å²) in [5.41, 5.74) is 34.7. The van der Waals surface area contributed by atoms with Crippen molar-refractivity contribution >= 4 is 137 Å². The molecule has 4 saturated heterocycles. The number of nitrogens with two attached hydrogens (primary N) is 4. The van der Waals surface area contributed by atoms with Crippen LogP contribution in [0.15, 0.2) is 147 Å². The second-order valence-electron chi connectivity index (χ2n) is 33.0. The minimum absolute atomic E-state index is 0.0292. The van der Waals surface area contributed by atoms with Crippen LogP contribution in [-0.4, -0.2) is 133 Å². The molecule has 0 bridgehead atoms. The molecule has 20 rings (SSSR count). The van der Waals surface area contributed by atoms with Gasteiger partial charge in [0.15, 0.2) is 0 Å². The fourth-order valence-corrected chi connectivity index (χ4v) is 17.7. The molecule has 32 nitrogen and oxygen atoms in total. The lowest BCUT2D eigenvalue weighted by Crippen LogP contribution is -2.36. The number of carbonyl (C=O) groups excluding carboxylic acids is 8. The molecule has 4 aliphatic carbocycles. The second kappa shape index (κ2) is 31.3. The number of rotatable bonds is 12. The number of carbonyl (C=O) groups is 8. The van der Waals surface area contributed by atoms with Gasteiger partial charge in [0.05, 0.1) is 22.8 Å². The molecule has 4 spiro atoms. The van der Waals surface area contributed by atoms with Crippen LogP contribution in [0.1, 0.15) is 99.3 Å². The predicted octanol–water partition coefficient (Wildman–Crippen LogP) is 9.75. The van der Waals surface area contributed by atoms with Crippen molar-refractivity contribution in [2.24, 2.45) is 45.3 Å². The molecule has 120 heavy (non-hydrogen) atoms. The van der Waals surface area contributed by atoms with Gasteiger partial charge in [-0.1, -0.05) is 0 Å². The zero-order valence-corrected chi connectivity index (χ0v) is 66.4. The van der Waals surface area contributed by atoms with E-state index in [9.17, 15) is 38.4 Å². The third kappa shape index (κ3) is 16.0. The van der Waals surface area contributed by atoms with Crippen LogP contribution in [0.5, 0.6) is 0 Å². The van der Waals surface area contributed by atoms with Gasteiger partial charge in [-0.05, 0) is 217 Å². The first-order valence-corrected chi connectivity index (χ1v) is 40.0. The van der Waals surface area contributed by atoms with E-state index in [0.29, 0.717) is 98.4 Å². The van der Waals surface area contributed by atoms with E-state index in [1.54, 1.807) is 74.4 Å². The van der Waals surface area contributed by atoms with E-state index in [1.165, 1.54) is 0 Å². The van der Waals surface area contributed by atoms with E-state index in [1.807, 2.05) is 100 Å². The number of aromatic nitrogens is 12. The fourth-order valence-electron chi connectivity index (χ4n) is 17.7. The number of nitrogens with zero attached hydrogens (tertiary/aromatic N) is 12. The minimum atomic E-state index is -0.178. The summed E-state index contributed by atoms with van der Waals surface area (Å²) in [6, 6.07) is 22.6. The molecule has 16 heterocycles. The zero-order valence-electron chi connectivity index (χ0n) is 66.4. The molecule has 8 atom stereocenters. The Balaban J connectivity index is 0.000000114. The number of pyridine rings is 12. The summed E-state index contributed by atoms with van der Waals surface area (Å²) in [5.74, 6) is 2.61. The molecular formula is C88H88N24O8. The summed E-state index contributed by atoms with van der Waals surface area (Å²) in [5, 5.41) is 29.3. The molecule has 32 heteroatoms. The van der Waals surface area contributed by atoms with Gasteiger partial charge in [0.25, 0.3) is 0 Å². The van der Waals surface area contributed by atoms with Gasteiger partial charge < -0.3 is 65.5 Å². The van der Waals surface area contributed by atoms with Gasteiger partial charge >= 0.3 is 0 Å². The highest BCUT2D eigenvalue weighted by atomic mass is 16.2. The second-order valence-corrected chi connectivity index (χ2v) is 33.0. The Morgan fingerprint density at radius 2 is 0.550 bits per heavy atom. The molecule has 0 aromatic carbocycles. The van der Waals surface area contributed by atoms with E-state index in [2.05, 4.69) is 102 Å². The molecule has 16 N–H and O–H groups in total. The normalized spacial score (nSPS) is 22.7. The maximum absolute atomic E-state index is 12.8. The Morgan fingerprint density at radius 1 is 0.333 bits per heavy atom. The largest absolute Gasteiger partial charge is 0.383 e. The number of hydrogen-bond acceptors (Lipinski definition) is 24. The first-order chi connectivity index (χ1) is 57.8. The van der Waals surface area contributed by atoms with E-state index in [-0.39, 0.29) is 92.6 Å². The number of aryl methyl sites for hydroxylation is 4. The van der Waals surface area contributed by atoms with Crippen LogP contribution >= 0.6 is 0 Å². The Labute approximate surface area is 687 Å². The van der Waals surface area contributed by atoms with Crippen molar-refractivity contribution in [2.75, 3.05) is 70.4 Å². The van der Waals surface area contributed by atoms with Gasteiger partial charge in [-0.25, -0.2) is 39.9 Å². The Kier molecular flexibility index (Phi) is 20.5.